The van der Waals surface area contributed by atoms with Gasteiger partial charge in [-0.1, -0.05) is 13.0 Å². The first-order chi connectivity index (χ1) is 21.4. The summed E-state index contributed by atoms with van der Waals surface area (Å²) in [7, 11) is 2.00. The van der Waals surface area contributed by atoms with Crippen LogP contribution in [0.2, 0.25) is 0 Å². The average molecular weight is 630 g/mol. The molecule has 1 amide bonds. The first kappa shape index (κ1) is 32.6. The Morgan fingerprint density at radius 3 is 2.67 bits per heavy atom. The molecule has 3 aromatic rings. The number of likely N-dealkylation sites (tertiary alicyclic amines) is 1. The number of amides is 1. The van der Waals surface area contributed by atoms with E-state index in [9.17, 15) is 27.5 Å². The number of benzene rings is 1. The lowest BCUT2D eigenvalue weighted by Crippen LogP contribution is -2.52. The fourth-order valence-electron chi connectivity index (χ4n) is 6.47. The van der Waals surface area contributed by atoms with Gasteiger partial charge in [0, 0.05) is 37.8 Å². The SMILES string of the molecule is CCOc1ncccc1-c1ccc(N2CCC(O)(Cc3ccc(F)cc3C(F)(F)F)CC2CC)c(C(=O)N[C@@H]2CCN(C)C2)n1. The molecule has 2 aliphatic heterocycles. The lowest BCUT2D eigenvalue weighted by Gasteiger charge is -2.45. The lowest BCUT2D eigenvalue weighted by molar-refractivity contribution is -0.138. The normalized spacial score (nSPS) is 22.4. The zero-order valence-electron chi connectivity index (χ0n) is 25.7. The smallest absolute Gasteiger partial charge is 0.416 e. The number of hydrogen-bond donors (Lipinski definition) is 2. The summed E-state index contributed by atoms with van der Waals surface area (Å²) in [5, 5.41) is 14.7. The fourth-order valence-corrected chi connectivity index (χ4v) is 6.47. The zero-order valence-corrected chi connectivity index (χ0v) is 25.7. The number of rotatable bonds is 9. The highest BCUT2D eigenvalue weighted by atomic mass is 19.4. The van der Waals surface area contributed by atoms with Crippen molar-refractivity contribution in [3.8, 4) is 17.1 Å². The number of nitrogens with one attached hydrogen (secondary N) is 1. The van der Waals surface area contributed by atoms with Crippen molar-refractivity contribution in [3.63, 3.8) is 0 Å². The number of likely N-dealkylation sites (N-methyl/N-ethyl adjacent to an activating group) is 1. The molecule has 2 fully saturated rings. The number of hydrogen-bond acceptors (Lipinski definition) is 7. The van der Waals surface area contributed by atoms with Crippen LogP contribution in [0.4, 0.5) is 23.2 Å². The first-order valence-electron chi connectivity index (χ1n) is 15.3. The number of piperidine rings is 1. The van der Waals surface area contributed by atoms with Crippen molar-refractivity contribution in [2.45, 2.75) is 69.8 Å². The van der Waals surface area contributed by atoms with Gasteiger partial charge in [-0.05, 0) is 88.2 Å². The summed E-state index contributed by atoms with van der Waals surface area (Å²) in [6, 6.07) is 9.46. The maximum atomic E-state index is 13.8. The molecule has 4 heterocycles. The number of carbonyl (C=O) groups excluding carboxylic acids is 1. The van der Waals surface area contributed by atoms with E-state index in [1.807, 2.05) is 37.9 Å². The van der Waals surface area contributed by atoms with Gasteiger partial charge < -0.3 is 25.0 Å². The second-order valence-corrected chi connectivity index (χ2v) is 12.0. The number of anilines is 1. The molecule has 2 saturated heterocycles. The minimum atomic E-state index is -4.75. The van der Waals surface area contributed by atoms with Crippen molar-refractivity contribution in [2.75, 3.05) is 38.2 Å². The fraction of sp³-hybridized carbons (Fsp3) is 0.485. The first-order valence-corrected chi connectivity index (χ1v) is 15.3. The largest absolute Gasteiger partial charge is 0.477 e. The number of alkyl halides is 3. The van der Waals surface area contributed by atoms with Crippen LogP contribution >= 0.6 is 0 Å². The van der Waals surface area contributed by atoms with E-state index in [0.29, 0.717) is 41.9 Å². The minimum Gasteiger partial charge on any atom is -0.477 e. The van der Waals surface area contributed by atoms with Crippen molar-refractivity contribution in [1.82, 2.24) is 20.2 Å². The van der Waals surface area contributed by atoms with Crippen molar-refractivity contribution in [1.29, 1.82) is 0 Å². The Kier molecular flexibility index (Phi) is 9.64. The van der Waals surface area contributed by atoms with Crippen LogP contribution in [0.15, 0.2) is 48.7 Å². The highest BCUT2D eigenvalue weighted by molar-refractivity contribution is 5.99. The number of pyridine rings is 2. The Balaban J connectivity index is 1.47. The molecular formula is C33H39F4N5O3. The van der Waals surface area contributed by atoms with Crippen LogP contribution in [0.1, 0.15) is 61.1 Å². The van der Waals surface area contributed by atoms with E-state index >= 15 is 0 Å². The van der Waals surface area contributed by atoms with Crippen molar-refractivity contribution < 1.29 is 32.2 Å². The van der Waals surface area contributed by atoms with Gasteiger partial charge in [0.25, 0.3) is 5.91 Å². The van der Waals surface area contributed by atoms with Gasteiger partial charge in [-0.25, -0.2) is 14.4 Å². The molecule has 0 aliphatic carbocycles. The second kappa shape index (κ2) is 13.3. The molecule has 2 aromatic heterocycles. The molecule has 8 nitrogen and oxygen atoms in total. The third-order valence-electron chi connectivity index (χ3n) is 8.70. The van der Waals surface area contributed by atoms with E-state index in [0.717, 1.165) is 31.6 Å². The van der Waals surface area contributed by atoms with Crippen LogP contribution in [0.5, 0.6) is 5.88 Å². The van der Waals surface area contributed by atoms with Crippen LogP contribution in [0, 0.1) is 5.82 Å². The number of ether oxygens (including phenoxy) is 1. The third-order valence-corrected chi connectivity index (χ3v) is 8.70. The van der Waals surface area contributed by atoms with Crippen LogP contribution in [0.25, 0.3) is 11.3 Å². The predicted octanol–water partition coefficient (Wildman–Crippen LogP) is 5.49. The van der Waals surface area contributed by atoms with Gasteiger partial charge in [-0.15, -0.1) is 0 Å². The molecule has 0 spiro atoms. The number of aliphatic hydroxyl groups is 1. The molecule has 0 bridgehead atoms. The molecule has 3 atom stereocenters. The predicted molar refractivity (Wildman–Crippen MR) is 163 cm³/mol. The molecule has 12 heteroatoms. The van der Waals surface area contributed by atoms with Crippen LogP contribution in [-0.4, -0.2) is 76.9 Å². The minimum absolute atomic E-state index is 0.0369. The molecule has 5 rings (SSSR count). The average Bonchev–Trinajstić information content (AvgIpc) is 3.41. The third kappa shape index (κ3) is 7.38. The summed E-state index contributed by atoms with van der Waals surface area (Å²) in [6.45, 7) is 6.06. The van der Waals surface area contributed by atoms with Gasteiger partial charge >= 0.3 is 6.18 Å². The number of halogens is 4. The van der Waals surface area contributed by atoms with E-state index in [2.05, 4.69) is 15.2 Å². The molecule has 2 aliphatic rings. The number of carbonyl (C=O) groups is 1. The summed E-state index contributed by atoms with van der Waals surface area (Å²) in [5.41, 5.74) is -0.733. The van der Waals surface area contributed by atoms with Crippen LogP contribution in [-0.2, 0) is 12.6 Å². The van der Waals surface area contributed by atoms with Crippen molar-refractivity contribution in [3.05, 3.63) is 71.3 Å². The zero-order chi connectivity index (χ0) is 32.4. The highest BCUT2D eigenvalue weighted by Crippen LogP contribution is 2.40. The van der Waals surface area contributed by atoms with Gasteiger partial charge in [-0.2, -0.15) is 13.2 Å². The maximum Gasteiger partial charge on any atom is 0.416 e. The molecule has 2 unspecified atom stereocenters. The second-order valence-electron chi connectivity index (χ2n) is 12.0. The van der Waals surface area contributed by atoms with E-state index < -0.39 is 23.2 Å². The van der Waals surface area contributed by atoms with E-state index in [-0.39, 0.29) is 55.1 Å². The highest BCUT2D eigenvalue weighted by Gasteiger charge is 2.42. The number of aromatic nitrogens is 2. The van der Waals surface area contributed by atoms with Gasteiger partial charge in [0.05, 0.1) is 34.7 Å². The summed E-state index contributed by atoms with van der Waals surface area (Å²) in [5.74, 6) is -0.909. The van der Waals surface area contributed by atoms with Gasteiger partial charge in [0.15, 0.2) is 5.69 Å². The molecule has 242 valence electrons. The Bertz CT molecular complexity index is 1520. The van der Waals surface area contributed by atoms with E-state index in [1.165, 1.54) is 0 Å². The lowest BCUT2D eigenvalue weighted by atomic mass is 9.79. The van der Waals surface area contributed by atoms with Gasteiger partial charge in [-0.3, -0.25) is 4.79 Å². The molecule has 1 aromatic carbocycles. The summed E-state index contributed by atoms with van der Waals surface area (Å²) in [4.78, 5) is 27.2. The van der Waals surface area contributed by atoms with E-state index in [1.54, 1.807) is 18.3 Å². The molecule has 0 saturated carbocycles. The maximum absolute atomic E-state index is 13.8. The van der Waals surface area contributed by atoms with Crippen molar-refractivity contribution in [2.24, 2.45) is 0 Å². The monoisotopic (exact) mass is 629 g/mol. The standard InChI is InChI=1S/C33H39F4N5O3/c1-4-24-19-32(44,18-21-8-9-22(34)17-26(21)33(35,36)37)13-16-42(24)28-11-10-27(25-7-6-14-38-31(25)45-5-2)40-29(28)30(43)39-23-12-15-41(3)20-23/h6-11,14,17,23-24,44H,4-5,12-13,15-16,18-20H2,1-3H3,(H,39,43)/t23-,24?,32?/m1/s1. The molecular weight excluding hydrogens is 590 g/mol. The molecule has 2 N–H and O–H groups in total. The summed E-state index contributed by atoms with van der Waals surface area (Å²) in [6.07, 6.45) is -1.72. The summed E-state index contributed by atoms with van der Waals surface area (Å²) < 4.78 is 60.6. The Morgan fingerprint density at radius 1 is 1.18 bits per heavy atom. The van der Waals surface area contributed by atoms with Gasteiger partial charge in [0.1, 0.15) is 5.82 Å². The van der Waals surface area contributed by atoms with Gasteiger partial charge in [0.2, 0.25) is 5.88 Å². The van der Waals surface area contributed by atoms with Crippen LogP contribution in [0.3, 0.4) is 0 Å². The molecule has 0 radical (unpaired) electrons. The summed E-state index contributed by atoms with van der Waals surface area (Å²) >= 11 is 0. The molecule has 45 heavy (non-hydrogen) atoms. The van der Waals surface area contributed by atoms with Crippen LogP contribution < -0.4 is 15.0 Å². The number of nitrogens with zero attached hydrogens (tertiary/aromatic N) is 4. The Morgan fingerprint density at radius 2 is 1.98 bits per heavy atom. The Labute approximate surface area is 260 Å². The Hall–Kier alpha value is -3.77. The van der Waals surface area contributed by atoms with E-state index in [4.69, 9.17) is 9.72 Å². The quantitative estimate of drug-likeness (QED) is 0.303. The topological polar surface area (TPSA) is 90.8 Å². The van der Waals surface area contributed by atoms with Crippen molar-refractivity contribution >= 4 is 11.6 Å².